The van der Waals surface area contributed by atoms with Gasteiger partial charge in [-0.25, -0.2) is 4.79 Å². The van der Waals surface area contributed by atoms with Crippen LogP contribution in [0.2, 0.25) is 0 Å². The first-order valence-corrected chi connectivity index (χ1v) is 14.2. The van der Waals surface area contributed by atoms with Gasteiger partial charge in [0.15, 0.2) is 0 Å². The first-order valence-electron chi connectivity index (χ1n) is 11.6. The molecule has 0 fully saturated rings. The molecule has 10 nitrogen and oxygen atoms in total. The summed E-state index contributed by atoms with van der Waals surface area (Å²) in [7, 11) is 3.06. The second kappa shape index (κ2) is 14.3. The van der Waals surface area contributed by atoms with E-state index in [1.807, 2.05) is 13.0 Å². The molecule has 200 valence electrons. The van der Waals surface area contributed by atoms with Crippen LogP contribution in [0.25, 0.3) is 10.4 Å². The fourth-order valence-corrected chi connectivity index (χ4v) is 5.57. The number of anilines is 1. The smallest absolute Gasteiger partial charge is 0.347 e. The maximum absolute atomic E-state index is 13.0. The highest BCUT2D eigenvalue weighted by Crippen LogP contribution is 2.31. The van der Waals surface area contributed by atoms with Crippen molar-refractivity contribution in [3.8, 4) is 21.9 Å². The van der Waals surface area contributed by atoms with Gasteiger partial charge in [0.05, 0.1) is 6.61 Å². The van der Waals surface area contributed by atoms with Crippen LogP contribution in [0, 0.1) is 13.9 Å². The number of esters is 2. The van der Waals surface area contributed by atoms with E-state index >= 15 is 0 Å². The number of unbranched alkanes of at least 4 members (excludes halogenated alkanes) is 1. The monoisotopic (exact) mass is 576 g/mol. The topological polar surface area (TPSA) is 134 Å². The number of ether oxygens (including phenoxy) is 2. The van der Waals surface area contributed by atoms with E-state index in [-0.39, 0.29) is 42.4 Å². The van der Waals surface area contributed by atoms with Crippen molar-refractivity contribution < 1.29 is 33.8 Å². The van der Waals surface area contributed by atoms with Crippen LogP contribution in [-0.2, 0) is 14.4 Å². The van der Waals surface area contributed by atoms with E-state index in [4.69, 9.17) is 21.7 Å². The summed E-state index contributed by atoms with van der Waals surface area (Å²) in [6.45, 7) is 1.69. The van der Waals surface area contributed by atoms with Gasteiger partial charge < -0.3 is 19.6 Å². The number of amides is 1. The van der Waals surface area contributed by atoms with E-state index < -0.39 is 17.0 Å². The molecule has 0 bridgehead atoms. The molecular weight excluding hydrogens is 552 g/mol. The molecule has 0 radical (unpaired) electrons. The fourth-order valence-electron chi connectivity index (χ4n) is 3.17. The quantitative estimate of drug-likeness (QED) is 0.0463. The van der Waals surface area contributed by atoms with Crippen molar-refractivity contribution in [3.63, 3.8) is 0 Å². The molecule has 0 unspecified atom stereocenters. The number of hydrogen-bond acceptors (Lipinski definition) is 11. The molecule has 0 spiro atoms. The number of benzene rings is 2. The molecule has 0 saturated carbocycles. The SMILES string of the molecule is CCCCC(=O)Nc1ccc(C(=O)Oc2ccc(-c3cc(=S)ss3)cc2)c(OC(=O)CCCO[N+](=O)[O-])c1. The van der Waals surface area contributed by atoms with Crippen molar-refractivity contribution in [2.75, 3.05) is 11.9 Å². The van der Waals surface area contributed by atoms with Gasteiger partial charge in [-0.3, -0.25) is 9.59 Å². The highest BCUT2D eigenvalue weighted by atomic mass is 32.9. The van der Waals surface area contributed by atoms with E-state index in [1.54, 1.807) is 34.6 Å². The number of carbonyl (C=O) groups excluding carboxylic acids is 3. The van der Waals surface area contributed by atoms with Gasteiger partial charge in [-0.05, 0) is 60.9 Å². The molecule has 1 aromatic heterocycles. The van der Waals surface area contributed by atoms with Gasteiger partial charge in [0, 0.05) is 29.5 Å². The van der Waals surface area contributed by atoms with E-state index in [2.05, 4.69) is 10.2 Å². The zero-order chi connectivity index (χ0) is 27.5. The summed E-state index contributed by atoms with van der Waals surface area (Å²) in [4.78, 5) is 52.9. The summed E-state index contributed by atoms with van der Waals surface area (Å²) in [5, 5.41) is 12.0. The first-order chi connectivity index (χ1) is 18.2. The molecule has 13 heteroatoms. The van der Waals surface area contributed by atoms with Gasteiger partial charge in [0.1, 0.15) is 20.9 Å². The van der Waals surface area contributed by atoms with Gasteiger partial charge in [0.2, 0.25) is 5.91 Å². The molecule has 0 aliphatic heterocycles. The first kappa shape index (κ1) is 28.9. The summed E-state index contributed by atoms with van der Waals surface area (Å²) in [5.74, 6) is -1.55. The predicted molar refractivity (Wildman–Crippen MR) is 146 cm³/mol. The minimum absolute atomic E-state index is 0.0358. The summed E-state index contributed by atoms with van der Waals surface area (Å²) < 4.78 is 11.7. The zero-order valence-corrected chi connectivity index (χ0v) is 22.7. The lowest BCUT2D eigenvalue weighted by Gasteiger charge is -2.13. The molecule has 1 heterocycles. The predicted octanol–water partition coefficient (Wildman–Crippen LogP) is 6.45. The molecule has 38 heavy (non-hydrogen) atoms. The Labute approximate surface area is 230 Å². The normalized spacial score (nSPS) is 10.4. The highest BCUT2D eigenvalue weighted by molar-refractivity contribution is 7.80. The molecule has 0 aliphatic rings. The van der Waals surface area contributed by atoms with Crippen molar-refractivity contribution in [3.05, 3.63) is 68.0 Å². The third-order valence-corrected chi connectivity index (χ3v) is 7.91. The lowest BCUT2D eigenvalue weighted by atomic mass is 10.1. The van der Waals surface area contributed by atoms with Crippen LogP contribution in [-0.4, -0.2) is 29.5 Å². The minimum Gasteiger partial charge on any atom is -0.426 e. The number of carbonyl (C=O) groups is 3. The second-order valence-corrected chi connectivity index (χ2v) is 10.8. The number of nitrogens with zero attached hydrogens (tertiary/aromatic N) is 1. The number of nitrogens with one attached hydrogen (secondary N) is 1. The standard InChI is InChI=1S/C25H24N2O8S3/c1-2-3-5-22(28)26-17-9-12-19(20(14-17)35-23(29)6-4-13-33-27(31)32)25(30)34-18-10-7-16(8-11-18)21-15-24(36)38-37-21/h7-12,14-15H,2-6,13H2,1H3,(H,26,28). The number of hydrogen-bond donors (Lipinski definition) is 1. The van der Waals surface area contributed by atoms with Gasteiger partial charge in [-0.15, -0.1) is 10.1 Å². The highest BCUT2D eigenvalue weighted by Gasteiger charge is 2.19. The molecule has 0 saturated heterocycles. The summed E-state index contributed by atoms with van der Waals surface area (Å²) in [6.07, 6.45) is 1.74. The van der Waals surface area contributed by atoms with Gasteiger partial charge in [0.25, 0.3) is 5.09 Å². The van der Waals surface area contributed by atoms with Crippen molar-refractivity contribution in [2.45, 2.75) is 39.0 Å². The summed E-state index contributed by atoms with van der Waals surface area (Å²) >= 11 is 5.17. The van der Waals surface area contributed by atoms with Crippen LogP contribution in [0.5, 0.6) is 11.5 Å². The average molecular weight is 577 g/mol. The lowest BCUT2D eigenvalue weighted by Crippen LogP contribution is -2.16. The fraction of sp³-hybridized carbons (Fsp3) is 0.280. The molecular formula is C25H24N2O8S3. The van der Waals surface area contributed by atoms with Crippen LogP contribution in [0.4, 0.5) is 5.69 Å². The van der Waals surface area contributed by atoms with Crippen LogP contribution in [0.1, 0.15) is 49.4 Å². The molecule has 1 amide bonds. The Bertz CT molecular complexity index is 1350. The zero-order valence-electron chi connectivity index (χ0n) is 20.3. The number of rotatable bonds is 13. The molecule has 1 N–H and O–H groups in total. The van der Waals surface area contributed by atoms with Crippen molar-refractivity contribution in [1.29, 1.82) is 0 Å². The molecule has 2 aromatic carbocycles. The van der Waals surface area contributed by atoms with Crippen molar-refractivity contribution in [2.24, 2.45) is 0 Å². The van der Waals surface area contributed by atoms with Gasteiger partial charge in [-0.1, -0.05) is 46.2 Å². The van der Waals surface area contributed by atoms with Crippen LogP contribution >= 0.6 is 32.9 Å². The average Bonchev–Trinajstić information content (AvgIpc) is 3.32. The summed E-state index contributed by atoms with van der Waals surface area (Å²) in [5.41, 5.74) is 1.23. The third-order valence-electron chi connectivity index (χ3n) is 5.00. The van der Waals surface area contributed by atoms with Gasteiger partial charge in [-0.2, -0.15) is 0 Å². The molecule has 3 aromatic rings. The van der Waals surface area contributed by atoms with E-state index in [0.717, 1.165) is 20.7 Å². The van der Waals surface area contributed by atoms with E-state index in [1.165, 1.54) is 28.5 Å². The van der Waals surface area contributed by atoms with Crippen molar-refractivity contribution in [1.82, 2.24) is 0 Å². The maximum atomic E-state index is 13.0. The Kier molecular flexibility index (Phi) is 10.9. The Balaban J connectivity index is 1.75. The van der Waals surface area contributed by atoms with Crippen LogP contribution < -0.4 is 14.8 Å². The largest absolute Gasteiger partial charge is 0.426 e. The molecule has 3 rings (SSSR count). The summed E-state index contributed by atoms with van der Waals surface area (Å²) in [6, 6.07) is 13.1. The third kappa shape index (κ3) is 9.01. The van der Waals surface area contributed by atoms with E-state index in [0.29, 0.717) is 18.5 Å². The van der Waals surface area contributed by atoms with Crippen LogP contribution in [0.3, 0.4) is 0 Å². The lowest BCUT2D eigenvalue weighted by molar-refractivity contribution is -0.757. The van der Waals surface area contributed by atoms with E-state index in [9.17, 15) is 24.5 Å². The minimum atomic E-state index is -0.950. The Morgan fingerprint density at radius 1 is 1.00 bits per heavy atom. The molecule has 0 aliphatic carbocycles. The van der Waals surface area contributed by atoms with Crippen LogP contribution in [0.15, 0.2) is 48.5 Å². The Hall–Kier alpha value is -3.68. The van der Waals surface area contributed by atoms with Gasteiger partial charge >= 0.3 is 11.9 Å². The Morgan fingerprint density at radius 2 is 1.76 bits per heavy atom. The maximum Gasteiger partial charge on any atom is 0.347 e. The van der Waals surface area contributed by atoms with Crippen molar-refractivity contribution >= 4 is 56.4 Å². The second-order valence-electron chi connectivity index (χ2n) is 7.91. The Morgan fingerprint density at radius 3 is 2.42 bits per heavy atom. The molecule has 0 atom stereocenters.